The van der Waals surface area contributed by atoms with E-state index in [-0.39, 0.29) is 17.9 Å². The molecule has 154 valence electrons. The smallest absolute Gasteiger partial charge is 0.249 e. The SMILES string of the molecule is CN[C@@H](C)C(=O)NC1CCc2ccccc2N(Cc2cccc3ncccc23)C1=O. The van der Waals surface area contributed by atoms with E-state index in [1.807, 2.05) is 48.5 Å². The predicted molar refractivity (Wildman–Crippen MR) is 118 cm³/mol. The third kappa shape index (κ3) is 3.91. The number of amides is 2. The lowest BCUT2D eigenvalue weighted by molar-refractivity contribution is -0.128. The Labute approximate surface area is 176 Å². The Balaban J connectivity index is 1.70. The summed E-state index contributed by atoms with van der Waals surface area (Å²) < 4.78 is 0. The molecule has 0 aliphatic carbocycles. The molecule has 1 aromatic heterocycles. The van der Waals surface area contributed by atoms with Crippen LogP contribution in [0.1, 0.15) is 24.5 Å². The molecule has 1 aliphatic rings. The van der Waals surface area contributed by atoms with Gasteiger partial charge in [-0.2, -0.15) is 0 Å². The molecule has 0 bridgehead atoms. The Bertz CT molecular complexity index is 1080. The molecule has 4 rings (SSSR count). The zero-order valence-corrected chi connectivity index (χ0v) is 17.3. The van der Waals surface area contributed by atoms with Crippen molar-refractivity contribution >= 4 is 28.4 Å². The first-order chi connectivity index (χ1) is 14.6. The number of pyridine rings is 1. The van der Waals surface area contributed by atoms with E-state index in [9.17, 15) is 9.59 Å². The number of benzene rings is 2. The van der Waals surface area contributed by atoms with Crippen LogP contribution in [-0.4, -0.2) is 35.9 Å². The Morgan fingerprint density at radius 3 is 2.83 bits per heavy atom. The largest absolute Gasteiger partial charge is 0.343 e. The Morgan fingerprint density at radius 2 is 2.00 bits per heavy atom. The number of nitrogens with one attached hydrogen (secondary N) is 2. The van der Waals surface area contributed by atoms with Gasteiger partial charge in [-0.1, -0.05) is 36.4 Å². The van der Waals surface area contributed by atoms with Gasteiger partial charge in [-0.05, 0) is 56.1 Å². The van der Waals surface area contributed by atoms with E-state index in [1.165, 1.54) is 0 Å². The van der Waals surface area contributed by atoms with Gasteiger partial charge in [0.15, 0.2) is 0 Å². The molecule has 0 saturated heterocycles. The number of fused-ring (bicyclic) bond motifs is 2. The highest BCUT2D eigenvalue weighted by molar-refractivity contribution is 6.01. The highest BCUT2D eigenvalue weighted by atomic mass is 16.2. The van der Waals surface area contributed by atoms with Gasteiger partial charge in [0.25, 0.3) is 0 Å². The van der Waals surface area contributed by atoms with Crippen LogP contribution in [0.2, 0.25) is 0 Å². The summed E-state index contributed by atoms with van der Waals surface area (Å²) in [4.78, 5) is 32.3. The first kappa shape index (κ1) is 20.0. The maximum Gasteiger partial charge on any atom is 0.249 e. The van der Waals surface area contributed by atoms with E-state index in [0.717, 1.165) is 34.1 Å². The van der Waals surface area contributed by atoms with Crippen LogP contribution < -0.4 is 15.5 Å². The third-order valence-corrected chi connectivity index (χ3v) is 5.76. The monoisotopic (exact) mass is 402 g/mol. The highest BCUT2D eigenvalue weighted by Gasteiger charge is 2.32. The lowest BCUT2D eigenvalue weighted by Gasteiger charge is -2.27. The zero-order chi connectivity index (χ0) is 21.1. The first-order valence-corrected chi connectivity index (χ1v) is 10.3. The quantitative estimate of drug-likeness (QED) is 0.688. The molecule has 1 unspecified atom stereocenters. The Hall–Kier alpha value is -3.25. The number of anilines is 1. The minimum atomic E-state index is -0.561. The number of likely N-dealkylation sites (N-methyl/N-ethyl adjacent to an activating group) is 1. The van der Waals surface area contributed by atoms with Gasteiger partial charge in [0, 0.05) is 17.3 Å². The van der Waals surface area contributed by atoms with E-state index in [1.54, 1.807) is 25.1 Å². The number of aryl methyl sites for hydroxylation is 1. The summed E-state index contributed by atoms with van der Waals surface area (Å²) in [6, 6.07) is 17.0. The van der Waals surface area contributed by atoms with Crippen LogP contribution in [0.15, 0.2) is 60.8 Å². The number of para-hydroxylation sites is 1. The molecular weight excluding hydrogens is 376 g/mol. The summed E-state index contributed by atoms with van der Waals surface area (Å²) in [6.07, 6.45) is 3.08. The van der Waals surface area contributed by atoms with Gasteiger partial charge < -0.3 is 15.5 Å². The summed E-state index contributed by atoms with van der Waals surface area (Å²) >= 11 is 0. The molecule has 0 radical (unpaired) electrons. The lowest BCUT2D eigenvalue weighted by atomic mass is 10.1. The van der Waals surface area contributed by atoms with Gasteiger partial charge in [0.2, 0.25) is 11.8 Å². The van der Waals surface area contributed by atoms with Crippen molar-refractivity contribution in [1.29, 1.82) is 0 Å². The number of hydrogen-bond donors (Lipinski definition) is 2. The second kappa shape index (κ2) is 8.63. The Kier molecular flexibility index (Phi) is 5.77. The summed E-state index contributed by atoms with van der Waals surface area (Å²) in [5.74, 6) is -0.256. The number of rotatable bonds is 5. The van der Waals surface area contributed by atoms with E-state index in [0.29, 0.717) is 13.0 Å². The molecule has 0 fully saturated rings. The summed E-state index contributed by atoms with van der Waals surface area (Å²) in [7, 11) is 1.73. The fourth-order valence-corrected chi connectivity index (χ4v) is 3.92. The lowest BCUT2D eigenvalue weighted by Crippen LogP contribution is -2.52. The van der Waals surface area contributed by atoms with Crippen molar-refractivity contribution in [2.75, 3.05) is 11.9 Å². The minimum absolute atomic E-state index is 0.0857. The van der Waals surface area contributed by atoms with Gasteiger partial charge in [0.1, 0.15) is 6.04 Å². The molecule has 2 atom stereocenters. The molecule has 0 saturated carbocycles. The molecule has 6 heteroatoms. The van der Waals surface area contributed by atoms with Gasteiger partial charge in [-0.15, -0.1) is 0 Å². The second-order valence-corrected chi connectivity index (χ2v) is 7.65. The average molecular weight is 402 g/mol. The van der Waals surface area contributed by atoms with E-state index >= 15 is 0 Å². The van der Waals surface area contributed by atoms with Gasteiger partial charge in [-0.3, -0.25) is 14.6 Å². The number of aromatic nitrogens is 1. The molecule has 2 amide bonds. The molecule has 30 heavy (non-hydrogen) atoms. The van der Waals surface area contributed by atoms with Crippen molar-refractivity contribution in [3.63, 3.8) is 0 Å². The Morgan fingerprint density at radius 1 is 1.17 bits per heavy atom. The zero-order valence-electron chi connectivity index (χ0n) is 17.3. The molecular formula is C24H26N4O2. The van der Waals surface area contributed by atoms with Crippen molar-refractivity contribution in [2.24, 2.45) is 0 Å². The van der Waals surface area contributed by atoms with Crippen LogP contribution in [0.4, 0.5) is 5.69 Å². The third-order valence-electron chi connectivity index (χ3n) is 5.76. The van der Waals surface area contributed by atoms with Crippen LogP contribution >= 0.6 is 0 Å². The summed E-state index contributed by atoms with van der Waals surface area (Å²) in [5, 5.41) is 6.90. The molecule has 0 spiro atoms. The van der Waals surface area contributed by atoms with E-state index in [2.05, 4.69) is 21.7 Å². The molecule has 6 nitrogen and oxygen atoms in total. The van der Waals surface area contributed by atoms with Gasteiger partial charge in [-0.25, -0.2) is 0 Å². The summed E-state index contributed by atoms with van der Waals surface area (Å²) in [5.41, 5.74) is 3.95. The number of carbonyl (C=O) groups is 2. The fraction of sp³-hybridized carbons (Fsp3) is 0.292. The van der Waals surface area contributed by atoms with Crippen LogP contribution in [-0.2, 0) is 22.6 Å². The first-order valence-electron chi connectivity index (χ1n) is 10.3. The van der Waals surface area contributed by atoms with Crippen molar-refractivity contribution in [2.45, 2.75) is 38.4 Å². The molecule has 2 aromatic carbocycles. The predicted octanol–water partition coefficient (Wildman–Crippen LogP) is 2.81. The van der Waals surface area contributed by atoms with Crippen LogP contribution in [0.3, 0.4) is 0 Å². The van der Waals surface area contributed by atoms with Crippen LogP contribution in [0.5, 0.6) is 0 Å². The van der Waals surface area contributed by atoms with Crippen molar-refractivity contribution in [3.8, 4) is 0 Å². The minimum Gasteiger partial charge on any atom is -0.343 e. The van der Waals surface area contributed by atoms with Crippen molar-refractivity contribution in [3.05, 3.63) is 71.9 Å². The van der Waals surface area contributed by atoms with E-state index in [4.69, 9.17) is 0 Å². The van der Waals surface area contributed by atoms with Crippen molar-refractivity contribution in [1.82, 2.24) is 15.6 Å². The fourth-order valence-electron chi connectivity index (χ4n) is 3.92. The highest BCUT2D eigenvalue weighted by Crippen LogP contribution is 2.30. The number of nitrogens with zero attached hydrogens (tertiary/aromatic N) is 2. The molecule has 2 heterocycles. The van der Waals surface area contributed by atoms with Gasteiger partial charge >= 0.3 is 0 Å². The second-order valence-electron chi connectivity index (χ2n) is 7.65. The van der Waals surface area contributed by atoms with Crippen LogP contribution in [0.25, 0.3) is 10.9 Å². The topological polar surface area (TPSA) is 74.3 Å². The molecule has 1 aliphatic heterocycles. The maximum atomic E-state index is 13.6. The maximum absolute atomic E-state index is 13.6. The summed E-state index contributed by atoms with van der Waals surface area (Å²) in [6.45, 7) is 2.21. The van der Waals surface area contributed by atoms with Gasteiger partial charge in [0.05, 0.1) is 18.1 Å². The van der Waals surface area contributed by atoms with Crippen LogP contribution in [0, 0.1) is 0 Å². The normalized spacial score (nSPS) is 17.3. The number of hydrogen-bond acceptors (Lipinski definition) is 4. The number of carbonyl (C=O) groups excluding carboxylic acids is 2. The molecule has 2 N–H and O–H groups in total. The van der Waals surface area contributed by atoms with E-state index < -0.39 is 6.04 Å². The standard InChI is InChI=1S/C24H26N4O2/c1-16(25-2)23(29)27-21-13-12-17-7-3-4-11-22(17)28(24(21)30)15-18-8-5-10-20-19(18)9-6-14-26-20/h3-11,14,16,21,25H,12-13,15H2,1-2H3,(H,27,29)/t16-,21?/m0/s1. The average Bonchev–Trinajstić information content (AvgIpc) is 2.91. The van der Waals surface area contributed by atoms with Crippen molar-refractivity contribution < 1.29 is 9.59 Å². The molecule has 3 aromatic rings.